The van der Waals surface area contributed by atoms with Crippen molar-refractivity contribution in [2.45, 2.75) is 12.5 Å². The fraction of sp³-hybridized carbons (Fsp3) is 0.533. The van der Waals surface area contributed by atoms with Crippen LogP contribution < -0.4 is 20.1 Å². The number of nitrogens with zero attached hydrogens (tertiary/aromatic N) is 1. The second-order valence-corrected chi connectivity index (χ2v) is 5.51. The molecule has 2 N–H and O–H groups in total. The maximum absolute atomic E-state index is 12.4. The summed E-state index contributed by atoms with van der Waals surface area (Å²) in [6.07, 6.45) is 1.15. The van der Waals surface area contributed by atoms with E-state index in [2.05, 4.69) is 10.6 Å². The van der Waals surface area contributed by atoms with E-state index < -0.39 is 0 Å². The van der Waals surface area contributed by atoms with Gasteiger partial charge in [0.05, 0.1) is 19.9 Å². The Balaban J connectivity index is 0.00000176. The van der Waals surface area contributed by atoms with Gasteiger partial charge in [-0.3, -0.25) is 0 Å². The number of halogens is 1. The summed E-state index contributed by atoms with van der Waals surface area (Å²) in [6, 6.07) is 5.72. The molecule has 2 atom stereocenters. The predicted molar refractivity (Wildman–Crippen MR) is 87.3 cm³/mol. The number of fused-ring (bicyclic) bond motifs is 1. The molecule has 1 aromatic rings. The summed E-state index contributed by atoms with van der Waals surface area (Å²) in [4.78, 5) is 14.3. The highest BCUT2D eigenvalue weighted by molar-refractivity contribution is 5.91. The summed E-state index contributed by atoms with van der Waals surface area (Å²) < 4.78 is 10.5. The molecular formula is C15H22ClN3O3. The van der Waals surface area contributed by atoms with Gasteiger partial charge in [-0.2, -0.15) is 0 Å². The summed E-state index contributed by atoms with van der Waals surface area (Å²) in [5.41, 5.74) is 0.631. The number of hydrogen-bond donors (Lipinski definition) is 2. The molecule has 7 heteroatoms. The normalized spacial score (nSPS) is 22.7. The maximum Gasteiger partial charge on any atom is 0.322 e. The lowest BCUT2D eigenvalue weighted by molar-refractivity contribution is 0.219. The highest BCUT2D eigenvalue weighted by Crippen LogP contribution is 2.30. The van der Waals surface area contributed by atoms with Crippen LogP contribution in [0, 0.1) is 5.92 Å². The lowest BCUT2D eigenvalue weighted by atomic mass is 10.1. The van der Waals surface area contributed by atoms with Crippen molar-refractivity contribution in [2.75, 3.05) is 39.2 Å². The zero-order chi connectivity index (χ0) is 14.8. The van der Waals surface area contributed by atoms with Crippen molar-refractivity contribution in [2.24, 2.45) is 5.92 Å². The maximum atomic E-state index is 12.4. The van der Waals surface area contributed by atoms with Gasteiger partial charge in [0.1, 0.15) is 11.5 Å². The summed E-state index contributed by atoms with van der Waals surface area (Å²) in [6.45, 7) is 2.65. The minimum atomic E-state index is -0.0854. The van der Waals surface area contributed by atoms with Crippen molar-refractivity contribution in [1.29, 1.82) is 0 Å². The van der Waals surface area contributed by atoms with E-state index in [-0.39, 0.29) is 18.4 Å². The molecule has 0 aromatic heterocycles. The van der Waals surface area contributed by atoms with Gasteiger partial charge in [0.15, 0.2) is 0 Å². The number of methoxy groups -OCH3 is 2. The number of hydrogen-bond acceptors (Lipinski definition) is 4. The highest BCUT2D eigenvalue weighted by Gasteiger charge is 2.38. The van der Waals surface area contributed by atoms with E-state index in [1.165, 1.54) is 0 Å². The van der Waals surface area contributed by atoms with Crippen molar-refractivity contribution in [1.82, 2.24) is 10.2 Å². The molecule has 1 aromatic carbocycles. The summed E-state index contributed by atoms with van der Waals surface area (Å²) in [5, 5.41) is 6.36. The molecule has 2 heterocycles. The molecule has 6 nitrogen and oxygen atoms in total. The van der Waals surface area contributed by atoms with Crippen LogP contribution in [0.5, 0.6) is 11.5 Å². The van der Waals surface area contributed by atoms with Gasteiger partial charge in [-0.25, -0.2) is 4.79 Å². The third-order valence-corrected chi connectivity index (χ3v) is 4.30. The standard InChI is InChI=1S/C15H21N3O3.ClH/c1-20-11-3-4-14(21-2)12(7-11)17-15(19)18-8-10-5-6-16-13(10)9-18;/h3-4,7,10,13,16H,5-6,8-9H2,1-2H3,(H,17,19);1H/t10-,13+;/m0./s1. The van der Waals surface area contributed by atoms with Crippen LogP contribution in [0.3, 0.4) is 0 Å². The molecule has 0 saturated carbocycles. The molecule has 3 rings (SSSR count). The molecule has 0 spiro atoms. The van der Waals surface area contributed by atoms with Crippen molar-refractivity contribution in [3.8, 4) is 11.5 Å². The van der Waals surface area contributed by atoms with E-state index in [0.29, 0.717) is 29.1 Å². The number of urea groups is 1. The Morgan fingerprint density at radius 2 is 2.14 bits per heavy atom. The Labute approximate surface area is 136 Å². The van der Waals surface area contributed by atoms with Gasteiger partial charge in [0.25, 0.3) is 0 Å². The third kappa shape index (κ3) is 3.23. The quantitative estimate of drug-likeness (QED) is 0.890. The number of ether oxygens (including phenoxy) is 2. The Bertz CT molecular complexity index is 529. The fourth-order valence-corrected chi connectivity index (χ4v) is 3.12. The molecule has 0 bridgehead atoms. The van der Waals surface area contributed by atoms with Gasteiger partial charge in [0.2, 0.25) is 0 Å². The van der Waals surface area contributed by atoms with E-state index in [1.807, 2.05) is 4.90 Å². The smallest absolute Gasteiger partial charge is 0.322 e. The summed E-state index contributed by atoms with van der Waals surface area (Å²) >= 11 is 0. The molecule has 2 fully saturated rings. The second-order valence-electron chi connectivity index (χ2n) is 5.51. The van der Waals surface area contributed by atoms with Crippen molar-refractivity contribution in [3.63, 3.8) is 0 Å². The average Bonchev–Trinajstić information content (AvgIpc) is 3.08. The lowest BCUT2D eigenvalue weighted by Crippen LogP contribution is -2.36. The van der Waals surface area contributed by atoms with E-state index in [1.54, 1.807) is 32.4 Å². The molecule has 2 aliphatic rings. The number of carbonyl (C=O) groups excluding carboxylic acids is 1. The van der Waals surface area contributed by atoms with E-state index in [4.69, 9.17) is 9.47 Å². The summed E-state index contributed by atoms with van der Waals surface area (Å²) in [7, 11) is 3.18. The van der Waals surface area contributed by atoms with Gasteiger partial charge < -0.3 is 25.0 Å². The van der Waals surface area contributed by atoms with Crippen LogP contribution in [-0.4, -0.2) is 50.8 Å². The predicted octanol–water partition coefficient (Wildman–Crippen LogP) is 1.95. The third-order valence-electron chi connectivity index (χ3n) is 4.30. The van der Waals surface area contributed by atoms with Crippen molar-refractivity contribution in [3.05, 3.63) is 18.2 Å². The Hall–Kier alpha value is -1.66. The zero-order valence-corrected chi connectivity index (χ0v) is 13.6. The van der Waals surface area contributed by atoms with E-state index in [0.717, 1.165) is 26.1 Å². The molecule has 2 saturated heterocycles. The molecule has 2 aliphatic heterocycles. The molecule has 0 aliphatic carbocycles. The van der Waals surface area contributed by atoms with Crippen LogP contribution in [0.4, 0.5) is 10.5 Å². The molecular weight excluding hydrogens is 306 g/mol. The number of likely N-dealkylation sites (tertiary alicyclic amines) is 1. The van der Waals surface area contributed by atoms with Gasteiger partial charge >= 0.3 is 6.03 Å². The van der Waals surface area contributed by atoms with Crippen LogP contribution in [0.15, 0.2) is 18.2 Å². The first kappa shape index (κ1) is 16.7. The first-order chi connectivity index (χ1) is 10.2. The number of anilines is 1. The largest absolute Gasteiger partial charge is 0.497 e. The van der Waals surface area contributed by atoms with Gasteiger partial charge in [0, 0.05) is 25.2 Å². The monoisotopic (exact) mass is 327 g/mol. The zero-order valence-electron chi connectivity index (χ0n) is 12.8. The molecule has 2 amide bonds. The van der Waals surface area contributed by atoms with Crippen molar-refractivity contribution < 1.29 is 14.3 Å². The van der Waals surface area contributed by atoms with Gasteiger partial charge in [-0.05, 0) is 31.0 Å². The first-order valence-corrected chi connectivity index (χ1v) is 7.22. The molecule has 0 radical (unpaired) electrons. The van der Waals surface area contributed by atoms with Crippen LogP contribution in [0.25, 0.3) is 0 Å². The SMILES string of the molecule is COc1ccc(OC)c(NC(=O)N2C[C@@H]3CCN[C@@H]3C2)c1.Cl. The number of benzene rings is 1. The minimum Gasteiger partial charge on any atom is -0.497 e. The Morgan fingerprint density at radius 3 is 2.82 bits per heavy atom. The fourth-order valence-electron chi connectivity index (χ4n) is 3.12. The van der Waals surface area contributed by atoms with Crippen LogP contribution in [0.1, 0.15) is 6.42 Å². The van der Waals surface area contributed by atoms with Crippen LogP contribution >= 0.6 is 12.4 Å². The number of nitrogens with one attached hydrogen (secondary N) is 2. The lowest BCUT2D eigenvalue weighted by Gasteiger charge is -2.19. The summed E-state index contributed by atoms with van der Waals surface area (Å²) in [5.74, 6) is 1.90. The molecule has 122 valence electrons. The first-order valence-electron chi connectivity index (χ1n) is 7.22. The Morgan fingerprint density at radius 1 is 1.32 bits per heavy atom. The number of carbonyl (C=O) groups is 1. The Kier molecular flexibility index (Phi) is 5.37. The van der Waals surface area contributed by atoms with Gasteiger partial charge in [-0.15, -0.1) is 12.4 Å². The van der Waals surface area contributed by atoms with Crippen LogP contribution in [-0.2, 0) is 0 Å². The van der Waals surface area contributed by atoms with E-state index in [9.17, 15) is 4.79 Å². The van der Waals surface area contributed by atoms with Gasteiger partial charge in [-0.1, -0.05) is 0 Å². The number of amides is 2. The molecule has 0 unspecified atom stereocenters. The topological polar surface area (TPSA) is 62.8 Å². The number of rotatable bonds is 3. The van der Waals surface area contributed by atoms with E-state index >= 15 is 0 Å². The highest BCUT2D eigenvalue weighted by atomic mass is 35.5. The molecule has 22 heavy (non-hydrogen) atoms. The van der Waals surface area contributed by atoms with Crippen molar-refractivity contribution >= 4 is 24.1 Å². The van der Waals surface area contributed by atoms with Crippen LogP contribution in [0.2, 0.25) is 0 Å². The minimum absolute atomic E-state index is 0. The average molecular weight is 328 g/mol. The second kappa shape index (κ2) is 7.07.